The van der Waals surface area contributed by atoms with Crippen LogP contribution in [0.4, 0.5) is 10.5 Å². The van der Waals surface area contributed by atoms with Crippen molar-refractivity contribution in [3.05, 3.63) is 77.6 Å². The maximum absolute atomic E-state index is 14.0. The molecule has 15 nitrogen and oxygen atoms in total. The van der Waals surface area contributed by atoms with E-state index in [0.29, 0.717) is 49.1 Å². The number of benzene rings is 2. The smallest absolute Gasteiger partial charge is 0.407 e. The predicted octanol–water partition coefficient (Wildman–Crippen LogP) is 6.70. The second-order valence-electron chi connectivity index (χ2n) is 18.2. The van der Waals surface area contributed by atoms with Crippen molar-refractivity contribution in [1.82, 2.24) is 41.1 Å². The first-order valence-corrected chi connectivity index (χ1v) is 22.2. The van der Waals surface area contributed by atoms with Crippen LogP contribution in [0.3, 0.4) is 0 Å². The van der Waals surface area contributed by atoms with Crippen LogP contribution >= 0.6 is 0 Å². The SMILES string of the molecule is Cc1cc(C(=O)NC2CCC(N3CCOCC3)CC2)ncc1-c1ccc(C[C@H](CC(=O)C2CCC(CNC(=O)OC(C)(C)C)CC2)C(=O)Nc2ccc(-c3nn[nH]n3)cc2)cc1. The highest BCUT2D eigenvalue weighted by Gasteiger charge is 2.32. The number of hydrogen-bond acceptors (Lipinski definition) is 11. The number of ketones is 1. The van der Waals surface area contributed by atoms with Gasteiger partial charge < -0.3 is 25.4 Å². The quantitative estimate of drug-likeness (QED) is 0.106. The summed E-state index contributed by atoms with van der Waals surface area (Å²) in [7, 11) is 0. The molecule has 2 aliphatic carbocycles. The molecule has 62 heavy (non-hydrogen) atoms. The van der Waals surface area contributed by atoms with E-state index in [1.165, 1.54) is 0 Å². The molecule has 3 amide bonds. The molecule has 2 aromatic heterocycles. The summed E-state index contributed by atoms with van der Waals surface area (Å²) < 4.78 is 10.9. The Hall–Kier alpha value is -5.54. The molecular formula is C47H61N9O6. The number of anilines is 1. The van der Waals surface area contributed by atoms with Crippen LogP contribution in [0.15, 0.2) is 60.8 Å². The average Bonchev–Trinajstić information content (AvgIpc) is 3.82. The molecule has 4 N–H and O–H groups in total. The summed E-state index contributed by atoms with van der Waals surface area (Å²) in [5.41, 5.74) is 4.93. The Bertz CT molecular complexity index is 2120. The first-order chi connectivity index (χ1) is 29.9. The summed E-state index contributed by atoms with van der Waals surface area (Å²) in [6, 6.07) is 17.8. The van der Waals surface area contributed by atoms with Gasteiger partial charge >= 0.3 is 6.09 Å². The van der Waals surface area contributed by atoms with Gasteiger partial charge in [-0.3, -0.25) is 24.3 Å². The Morgan fingerprint density at radius 3 is 2.24 bits per heavy atom. The number of carbonyl (C=O) groups is 4. The highest BCUT2D eigenvalue weighted by Crippen LogP contribution is 2.32. The number of carbonyl (C=O) groups excluding carboxylic acids is 4. The minimum absolute atomic E-state index is 0.0827. The number of amides is 3. The molecule has 3 aliphatic rings. The van der Waals surface area contributed by atoms with Gasteiger partial charge in [0.2, 0.25) is 11.7 Å². The Morgan fingerprint density at radius 1 is 0.903 bits per heavy atom. The maximum Gasteiger partial charge on any atom is 0.407 e. The lowest BCUT2D eigenvalue weighted by Gasteiger charge is -2.38. The molecule has 4 aromatic rings. The number of hydrogen-bond donors (Lipinski definition) is 4. The summed E-state index contributed by atoms with van der Waals surface area (Å²) in [6.45, 7) is 11.6. The molecule has 2 aromatic carbocycles. The van der Waals surface area contributed by atoms with Gasteiger partial charge in [-0.15, -0.1) is 10.2 Å². The fraction of sp³-hybridized carbons (Fsp3) is 0.532. The van der Waals surface area contributed by atoms with Gasteiger partial charge in [0.05, 0.1) is 13.2 Å². The number of rotatable bonds is 14. The summed E-state index contributed by atoms with van der Waals surface area (Å²) in [5.74, 6) is -0.325. The van der Waals surface area contributed by atoms with E-state index < -0.39 is 17.6 Å². The van der Waals surface area contributed by atoms with Gasteiger partial charge in [-0.1, -0.05) is 24.3 Å². The van der Waals surface area contributed by atoms with E-state index in [1.807, 2.05) is 70.2 Å². The van der Waals surface area contributed by atoms with Crippen molar-refractivity contribution in [3.63, 3.8) is 0 Å². The Balaban J connectivity index is 0.963. The Kier molecular flexibility index (Phi) is 14.8. The lowest BCUT2D eigenvalue weighted by atomic mass is 9.77. The molecule has 0 spiro atoms. The van der Waals surface area contributed by atoms with Crippen molar-refractivity contribution in [2.75, 3.05) is 38.2 Å². The molecule has 2 saturated carbocycles. The third-order valence-electron chi connectivity index (χ3n) is 12.5. The average molecular weight is 848 g/mol. The second kappa shape index (κ2) is 20.6. The number of ether oxygens (including phenoxy) is 2. The zero-order chi connectivity index (χ0) is 43.6. The van der Waals surface area contributed by atoms with Crippen LogP contribution in [-0.4, -0.2) is 105 Å². The Labute approximate surface area is 363 Å². The van der Waals surface area contributed by atoms with Gasteiger partial charge in [-0.2, -0.15) is 5.21 Å². The molecule has 330 valence electrons. The number of nitrogens with one attached hydrogen (secondary N) is 4. The molecule has 1 atom stereocenters. The van der Waals surface area contributed by atoms with Crippen molar-refractivity contribution in [1.29, 1.82) is 0 Å². The Morgan fingerprint density at radius 2 is 1.60 bits per heavy atom. The van der Waals surface area contributed by atoms with Crippen LogP contribution < -0.4 is 16.0 Å². The normalized spacial score (nSPS) is 21.4. The number of Topliss-reactive ketones (excluding diaryl/α,β-unsaturated/α-hetero) is 1. The first-order valence-electron chi connectivity index (χ1n) is 22.2. The van der Waals surface area contributed by atoms with Crippen LogP contribution in [0, 0.1) is 24.7 Å². The zero-order valence-corrected chi connectivity index (χ0v) is 36.5. The fourth-order valence-electron chi connectivity index (χ4n) is 9.00. The molecule has 3 heterocycles. The lowest BCUT2D eigenvalue weighted by molar-refractivity contribution is -0.129. The van der Waals surface area contributed by atoms with Crippen LogP contribution in [0.25, 0.3) is 22.5 Å². The molecular weight excluding hydrogens is 787 g/mol. The molecule has 0 unspecified atom stereocenters. The maximum atomic E-state index is 14.0. The standard InChI is InChI=1S/C47H61N9O6/c1-30-25-41(45(59)51-38-17-19-39(20-18-38)56-21-23-61-24-22-56)48-29-40(30)33-9-5-31(6-10-33)26-36(44(58)50-37-15-13-35(14-16-37)43-52-54-55-53-43)27-42(57)34-11-7-32(8-12-34)28-49-46(60)62-47(2,3)4/h5-6,9-10,13-16,25,29,32,34,36,38-39H,7-8,11-12,17-24,26-28H2,1-4H3,(H,49,60)(H,50,58)(H,51,59)(H,52,53,54,55)/t32?,34?,36-,38?,39?/m1/s1. The predicted molar refractivity (Wildman–Crippen MR) is 235 cm³/mol. The van der Waals surface area contributed by atoms with Gasteiger partial charge in [0.1, 0.15) is 17.1 Å². The summed E-state index contributed by atoms with van der Waals surface area (Å²) >= 11 is 0. The second-order valence-corrected chi connectivity index (χ2v) is 18.2. The molecule has 15 heteroatoms. The van der Waals surface area contributed by atoms with E-state index in [2.05, 4.69) is 46.5 Å². The zero-order valence-electron chi connectivity index (χ0n) is 36.5. The molecule has 3 fully saturated rings. The van der Waals surface area contributed by atoms with E-state index in [4.69, 9.17) is 9.47 Å². The van der Waals surface area contributed by atoms with E-state index in [1.54, 1.807) is 18.3 Å². The molecule has 0 radical (unpaired) electrons. The number of morpholine rings is 1. The third-order valence-corrected chi connectivity index (χ3v) is 12.5. The van der Waals surface area contributed by atoms with E-state index >= 15 is 0 Å². The largest absolute Gasteiger partial charge is 0.444 e. The highest BCUT2D eigenvalue weighted by atomic mass is 16.6. The van der Waals surface area contributed by atoms with E-state index in [-0.39, 0.29) is 41.9 Å². The topological polar surface area (TPSA) is 193 Å². The summed E-state index contributed by atoms with van der Waals surface area (Å²) in [4.78, 5) is 60.4. The van der Waals surface area contributed by atoms with Crippen LogP contribution in [0.5, 0.6) is 0 Å². The van der Waals surface area contributed by atoms with Gasteiger partial charge in [0.25, 0.3) is 5.91 Å². The van der Waals surface area contributed by atoms with Crippen molar-refractivity contribution in [2.45, 2.75) is 110 Å². The molecule has 7 rings (SSSR count). The highest BCUT2D eigenvalue weighted by molar-refractivity contribution is 5.96. The molecule has 0 bridgehead atoms. The lowest BCUT2D eigenvalue weighted by Crippen LogP contribution is -2.47. The number of tetrazole rings is 1. The van der Waals surface area contributed by atoms with Gasteiger partial charge in [0.15, 0.2) is 0 Å². The van der Waals surface area contributed by atoms with E-state index in [9.17, 15) is 19.2 Å². The van der Waals surface area contributed by atoms with Crippen LogP contribution in [0.2, 0.25) is 0 Å². The van der Waals surface area contributed by atoms with Crippen molar-refractivity contribution in [3.8, 4) is 22.5 Å². The van der Waals surface area contributed by atoms with Gasteiger partial charge in [0, 0.05) is 73.0 Å². The van der Waals surface area contributed by atoms with Crippen molar-refractivity contribution in [2.24, 2.45) is 17.8 Å². The number of aromatic nitrogens is 5. The fourth-order valence-corrected chi connectivity index (χ4v) is 9.00. The van der Waals surface area contributed by atoms with Gasteiger partial charge in [-0.25, -0.2) is 4.79 Å². The number of H-pyrrole nitrogens is 1. The first kappa shape index (κ1) is 44.5. The van der Waals surface area contributed by atoms with E-state index in [0.717, 1.165) is 92.6 Å². The molecule has 1 aliphatic heterocycles. The van der Waals surface area contributed by atoms with Gasteiger partial charge in [-0.05, 0) is 144 Å². The van der Waals surface area contributed by atoms with Crippen molar-refractivity contribution >= 4 is 29.4 Å². The number of nitrogens with zero attached hydrogens (tertiary/aromatic N) is 5. The number of aromatic amines is 1. The number of aryl methyl sites for hydroxylation is 1. The summed E-state index contributed by atoms with van der Waals surface area (Å²) in [6.07, 6.45) is 8.93. The number of alkyl carbamates (subject to hydrolysis) is 1. The molecule has 1 saturated heterocycles. The van der Waals surface area contributed by atoms with Crippen LogP contribution in [0.1, 0.15) is 100 Å². The monoisotopic (exact) mass is 847 g/mol. The number of pyridine rings is 1. The third kappa shape index (κ3) is 12.3. The minimum Gasteiger partial charge on any atom is -0.444 e. The summed E-state index contributed by atoms with van der Waals surface area (Å²) in [5, 5.41) is 23.2. The van der Waals surface area contributed by atoms with Crippen LogP contribution in [-0.2, 0) is 25.5 Å². The minimum atomic E-state index is -0.604. The van der Waals surface area contributed by atoms with Crippen molar-refractivity contribution < 1.29 is 28.7 Å².